The number of aromatic hydroxyl groups is 1. The number of aryl methyl sites for hydroxylation is 1. The quantitative estimate of drug-likeness (QED) is 0.871. The summed E-state index contributed by atoms with van der Waals surface area (Å²) in [5, 5.41) is 9.81. The minimum absolute atomic E-state index is 0.429. The molecule has 1 saturated carbocycles. The van der Waals surface area contributed by atoms with Crippen LogP contribution in [0.4, 0.5) is 0 Å². The molecule has 0 aliphatic heterocycles. The van der Waals surface area contributed by atoms with Gasteiger partial charge in [0.25, 0.3) is 0 Å². The Hall–Kier alpha value is -1.31. The number of Topliss-reactive ketones (excluding diaryl/α,β-unsaturated/α-hetero) is 1. The van der Waals surface area contributed by atoms with Crippen molar-refractivity contribution in [2.75, 3.05) is 0 Å². The lowest BCUT2D eigenvalue weighted by Crippen LogP contribution is -2.07. The fraction of sp³-hybridized carbons (Fsp3) is 0.611. The molecule has 110 valence electrons. The van der Waals surface area contributed by atoms with Crippen molar-refractivity contribution in [1.29, 1.82) is 0 Å². The van der Waals surface area contributed by atoms with Crippen molar-refractivity contribution in [3.05, 3.63) is 29.8 Å². The highest BCUT2D eigenvalue weighted by Crippen LogP contribution is 2.26. The Kier molecular flexibility index (Phi) is 6.10. The Morgan fingerprint density at radius 3 is 2.30 bits per heavy atom. The minimum atomic E-state index is 0.429. The summed E-state index contributed by atoms with van der Waals surface area (Å²) >= 11 is 0. The van der Waals surface area contributed by atoms with Gasteiger partial charge in [-0.25, -0.2) is 0 Å². The molecule has 1 fully saturated rings. The first-order valence-electron chi connectivity index (χ1n) is 8.04. The molecule has 2 heteroatoms. The second-order valence-electron chi connectivity index (χ2n) is 6.06. The molecule has 0 heterocycles. The molecule has 1 aliphatic carbocycles. The van der Waals surface area contributed by atoms with E-state index in [1.165, 1.54) is 25.7 Å². The first-order valence-corrected chi connectivity index (χ1v) is 8.04. The summed E-state index contributed by atoms with van der Waals surface area (Å²) in [4.78, 5) is 11.5. The summed E-state index contributed by atoms with van der Waals surface area (Å²) in [6.07, 6.45) is 10.6. The number of benzene rings is 1. The Labute approximate surface area is 122 Å². The highest BCUT2D eigenvalue weighted by atomic mass is 16.3. The lowest BCUT2D eigenvalue weighted by Gasteiger charge is -2.18. The van der Waals surface area contributed by atoms with Gasteiger partial charge in [-0.2, -0.15) is 0 Å². The van der Waals surface area contributed by atoms with Crippen LogP contribution < -0.4 is 0 Å². The normalized spacial score (nSPS) is 18.9. The van der Waals surface area contributed by atoms with Gasteiger partial charge in [-0.1, -0.05) is 43.9 Å². The molecule has 1 N–H and O–H groups in total. The number of hydrogen-bond acceptors (Lipinski definition) is 2. The van der Waals surface area contributed by atoms with Crippen LogP contribution in [0, 0.1) is 5.92 Å². The van der Waals surface area contributed by atoms with Crippen molar-refractivity contribution in [2.45, 2.75) is 64.2 Å². The van der Waals surface area contributed by atoms with Gasteiger partial charge in [-0.3, -0.25) is 4.79 Å². The van der Waals surface area contributed by atoms with Crippen LogP contribution in [0.3, 0.4) is 0 Å². The molecule has 2 nitrogen and oxygen atoms in total. The summed E-state index contributed by atoms with van der Waals surface area (Å²) in [6.45, 7) is 0. The molecule has 1 aliphatic rings. The SMILES string of the molecule is O=C1CCCCC(CCc2ccccc2O)CCCC1. The predicted molar refractivity (Wildman–Crippen MR) is 81.9 cm³/mol. The molecule has 2 rings (SSSR count). The van der Waals surface area contributed by atoms with Crippen LogP contribution in [0.2, 0.25) is 0 Å². The molecule has 1 aromatic rings. The molecule has 20 heavy (non-hydrogen) atoms. The molecular formula is C18H26O2. The van der Waals surface area contributed by atoms with E-state index >= 15 is 0 Å². The van der Waals surface area contributed by atoms with Gasteiger partial charge in [0.2, 0.25) is 0 Å². The molecule has 0 bridgehead atoms. The minimum Gasteiger partial charge on any atom is -0.508 e. The van der Waals surface area contributed by atoms with Gasteiger partial charge >= 0.3 is 0 Å². The lowest BCUT2D eigenvalue weighted by molar-refractivity contribution is -0.119. The highest BCUT2D eigenvalue weighted by Gasteiger charge is 2.13. The summed E-state index contributed by atoms with van der Waals surface area (Å²) < 4.78 is 0. The number of para-hydroxylation sites is 1. The van der Waals surface area contributed by atoms with E-state index in [1.54, 1.807) is 6.07 Å². The van der Waals surface area contributed by atoms with Crippen molar-refractivity contribution in [2.24, 2.45) is 5.92 Å². The van der Waals surface area contributed by atoms with Crippen LogP contribution in [-0.2, 0) is 11.2 Å². The van der Waals surface area contributed by atoms with Gasteiger partial charge in [0, 0.05) is 12.8 Å². The second kappa shape index (κ2) is 8.08. The smallest absolute Gasteiger partial charge is 0.132 e. The summed E-state index contributed by atoms with van der Waals surface area (Å²) in [6, 6.07) is 7.66. The number of hydrogen-bond donors (Lipinski definition) is 1. The van der Waals surface area contributed by atoms with E-state index in [9.17, 15) is 9.90 Å². The van der Waals surface area contributed by atoms with Crippen molar-refractivity contribution in [3.63, 3.8) is 0 Å². The number of carbonyl (C=O) groups excluding carboxylic acids is 1. The third-order valence-corrected chi connectivity index (χ3v) is 4.45. The highest BCUT2D eigenvalue weighted by molar-refractivity contribution is 5.78. The third kappa shape index (κ3) is 4.99. The molecule has 0 radical (unpaired) electrons. The Morgan fingerprint density at radius 1 is 1.00 bits per heavy atom. The van der Waals surface area contributed by atoms with Crippen LogP contribution in [0.1, 0.15) is 63.4 Å². The molecule has 1 aromatic carbocycles. The number of phenolic OH excluding ortho intramolecular Hbond substituents is 1. The van der Waals surface area contributed by atoms with Gasteiger partial charge in [0.1, 0.15) is 11.5 Å². The molecule has 0 amide bonds. The molecule has 0 aromatic heterocycles. The van der Waals surface area contributed by atoms with Gasteiger partial charge in [-0.05, 0) is 43.2 Å². The molecule has 0 atom stereocenters. The summed E-state index contributed by atoms with van der Waals surface area (Å²) in [7, 11) is 0. The lowest BCUT2D eigenvalue weighted by atomic mass is 9.87. The zero-order valence-electron chi connectivity index (χ0n) is 12.3. The Morgan fingerprint density at radius 2 is 1.65 bits per heavy atom. The van der Waals surface area contributed by atoms with E-state index in [-0.39, 0.29) is 0 Å². The van der Waals surface area contributed by atoms with Crippen LogP contribution in [0.15, 0.2) is 24.3 Å². The summed E-state index contributed by atoms with van der Waals surface area (Å²) in [5.41, 5.74) is 1.07. The fourth-order valence-electron chi connectivity index (χ4n) is 3.15. The van der Waals surface area contributed by atoms with Crippen molar-refractivity contribution in [1.82, 2.24) is 0 Å². The number of ketones is 1. The van der Waals surface area contributed by atoms with Gasteiger partial charge < -0.3 is 5.11 Å². The van der Waals surface area contributed by atoms with E-state index in [0.717, 1.165) is 50.0 Å². The third-order valence-electron chi connectivity index (χ3n) is 4.45. The first-order chi connectivity index (χ1) is 9.75. The maximum absolute atomic E-state index is 11.5. The second-order valence-corrected chi connectivity index (χ2v) is 6.06. The van der Waals surface area contributed by atoms with Gasteiger partial charge in [0.15, 0.2) is 0 Å². The molecule has 0 spiro atoms. The average Bonchev–Trinajstić information content (AvgIpc) is 2.46. The van der Waals surface area contributed by atoms with Crippen molar-refractivity contribution in [3.8, 4) is 5.75 Å². The van der Waals surface area contributed by atoms with Crippen LogP contribution in [0.25, 0.3) is 0 Å². The van der Waals surface area contributed by atoms with Gasteiger partial charge in [-0.15, -0.1) is 0 Å². The van der Waals surface area contributed by atoms with Gasteiger partial charge in [0.05, 0.1) is 0 Å². The number of rotatable bonds is 3. The maximum atomic E-state index is 11.5. The van der Waals surface area contributed by atoms with Crippen LogP contribution >= 0.6 is 0 Å². The zero-order valence-corrected chi connectivity index (χ0v) is 12.3. The molecule has 0 saturated heterocycles. The topological polar surface area (TPSA) is 37.3 Å². The summed E-state index contributed by atoms with van der Waals surface area (Å²) in [5.74, 6) is 1.64. The monoisotopic (exact) mass is 274 g/mol. The first kappa shape index (κ1) is 15.1. The van der Waals surface area contributed by atoms with Crippen LogP contribution in [-0.4, -0.2) is 10.9 Å². The van der Waals surface area contributed by atoms with E-state index in [4.69, 9.17) is 0 Å². The Balaban J connectivity index is 1.81. The largest absolute Gasteiger partial charge is 0.508 e. The predicted octanol–water partition coefficient (Wildman–Crippen LogP) is 4.64. The molecule has 0 unspecified atom stereocenters. The fourth-order valence-corrected chi connectivity index (χ4v) is 3.15. The molecular weight excluding hydrogens is 248 g/mol. The van der Waals surface area contributed by atoms with Crippen molar-refractivity contribution < 1.29 is 9.90 Å². The maximum Gasteiger partial charge on any atom is 0.132 e. The van der Waals surface area contributed by atoms with Crippen LogP contribution in [0.5, 0.6) is 5.75 Å². The van der Waals surface area contributed by atoms with E-state index in [0.29, 0.717) is 11.5 Å². The van der Waals surface area contributed by atoms with E-state index in [2.05, 4.69) is 0 Å². The van der Waals surface area contributed by atoms with E-state index in [1.807, 2.05) is 18.2 Å². The number of phenols is 1. The number of carbonyl (C=O) groups is 1. The Bertz CT molecular complexity index is 411. The van der Waals surface area contributed by atoms with E-state index < -0.39 is 0 Å². The zero-order chi connectivity index (χ0) is 14.2. The average molecular weight is 274 g/mol. The standard InChI is InChI=1S/C18H26O2/c19-17-10-4-1-7-15(8-2-5-11-17)13-14-16-9-3-6-12-18(16)20/h3,6,9,12,15,20H,1-2,4-5,7-8,10-11,13-14H2. The van der Waals surface area contributed by atoms with Crippen molar-refractivity contribution >= 4 is 5.78 Å².